The van der Waals surface area contributed by atoms with Crippen LogP contribution in [0.4, 0.5) is 10.1 Å². The number of benzene rings is 2. The Morgan fingerprint density at radius 3 is 2.46 bits per heavy atom. The molecule has 3 nitrogen and oxygen atoms in total. The quantitative estimate of drug-likeness (QED) is 0.708. The van der Waals surface area contributed by atoms with E-state index in [1.54, 1.807) is 18.2 Å². The van der Waals surface area contributed by atoms with E-state index in [0.29, 0.717) is 16.3 Å². The third-order valence-electron chi connectivity index (χ3n) is 3.59. The lowest BCUT2D eigenvalue weighted by Gasteiger charge is -2.11. The lowest BCUT2D eigenvalue weighted by atomic mass is 10.1. The Balaban J connectivity index is 1.96. The standard InChI is InChI=1S/C19H17FN2OS/c1-12(2)18(23)21-16-10-6-4-8-14(16)17-11-24-19(22-17)13-7-3-5-9-15(13)20/h3-12H,1-2H3,(H,21,23). The van der Waals surface area contributed by atoms with Crippen LogP contribution in [0.25, 0.3) is 21.8 Å². The van der Waals surface area contributed by atoms with E-state index in [1.807, 2.05) is 43.5 Å². The van der Waals surface area contributed by atoms with Crippen LogP contribution in [0, 0.1) is 11.7 Å². The third-order valence-corrected chi connectivity index (χ3v) is 4.47. The molecule has 0 aliphatic rings. The molecule has 3 aromatic rings. The summed E-state index contributed by atoms with van der Waals surface area (Å²) in [7, 11) is 0. The molecule has 2 aromatic carbocycles. The van der Waals surface area contributed by atoms with E-state index >= 15 is 0 Å². The van der Waals surface area contributed by atoms with E-state index in [4.69, 9.17) is 0 Å². The van der Waals surface area contributed by atoms with Crippen molar-refractivity contribution in [2.45, 2.75) is 13.8 Å². The van der Waals surface area contributed by atoms with Crippen LogP contribution in [0.1, 0.15) is 13.8 Å². The summed E-state index contributed by atoms with van der Waals surface area (Å²) in [5, 5.41) is 5.42. The Morgan fingerprint density at radius 2 is 1.75 bits per heavy atom. The number of para-hydroxylation sites is 1. The number of halogens is 1. The monoisotopic (exact) mass is 340 g/mol. The Morgan fingerprint density at radius 1 is 1.08 bits per heavy atom. The van der Waals surface area contributed by atoms with Crippen LogP contribution in [0.3, 0.4) is 0 Å². The van der Waals surface area contributed by atoms with E-state index in [1.165, 1.54) is 17.4 Å². The van der Waals surface area contributed by atoms with Crippen LogP contribution in [-0.2, 0) is 4.79 Å². The van der Waals surface area contributed by atoms with E-state index in [2.05, 4.69) is 10.3 Å². The number of nitrogens with zero attached hydrogens (tertiary/aromatic N) is 1. The zero-order chi connectivity index (χ0) is 17.1. The lowest BCUT2D eigenvalue weighted by molar-refractivity contribution is -0.118. The highest BCUT2D eigenvalue weighted by atomic mass is 32.1. The van der Waals surface area contributed by atoms with Crippen molar-refractivity contribution in [3.05, 3.63) is 59.7 Å². The fourth-order valence-electron chi connectivity index (χ4n) is 2.25. The molecule has 0 bridgehead atoms. The Bertz CT molecular complexity index is 873. The third kappa shape index (κ3) is 3.36. The number of thiazole rings is 1. The SMILES string of the molecule is CC(C)C(=O)Nc1ccccc1-c1csc(-c2ccccc2F)n1. The molecule has 122 valence electrons. The number of nitrogens with one attached hydrogen (secondary N) is 1. The number of amides is 1. The van der Waals surface area contributed by atoms with Crippen molar-refractivity contribution in [3.63, 3.8) is 0 Å². The van der Waals surface area contributed by atoms with Gasteiger partial charge in [0.05, 0.1) is 11.4 Å². The number of carbonyl (C=O) groups is 1. The molecule has 3 rings (SSSR count). The number of hydrogen-bond acceptors (Lipinski definition) is 3. The van der Waals surface area contributed by atoms with Crippen molar-refractivity contribution >= 4 is 22.9 Å². The molecule has 1 amide bonds. The molecular weight excluding hydrogens is 323 g/mol. The highest BCUT2D eigenvalue weighted by molar-refractivity contribution is 7.13. The van der Waals surface area contributed by atoms with Gasteiger partial charge in [-0.1, -0.05) is 44.2 Å². The maximum atomic E-state index is 13.9. The number of aromatic nitrogens is 1. The smallest absolute Gasteiger partial charge is 0.226 e. The zero-order valence-electron chi connectivity index (χ0n) is 13.4. The first-order valence-corrected chi connectivity index (χ1v) is 8.55. The highest BCUT2D eigenvalue weighted by Crippen LogP contribution is 2.33. The van der Waals surface area contributed by atoms with Gasteiger partial charge in [0.1, 0.15) is 10.8 Å². The number of hydrogen-bond donors (Lipinski definition) is 1. The Hall–Kier alpha value is -2.53. The average molecular weight is 340 g/mol. The van der Waals surface area contributed by atoms with E-state index < -0.39 is 0 Å². The molecular formula is C19H17FN2OS. The van der Waals surface area contributed by atoms with Crippen LogP contribution in [0.5, 0.6) is 0 Å². The van der Waals surface area contributed by atoms with Crippen molar-refractivity contribution in [1.82, 2.24) is 4.98 Å². The van der Waals surface area contributed by atoms with Crippen LogP contribution in [-0.4, -0.2) is 10.9 Å². The molecule has 1 aromatic heterocycles. The predicted octanol–water partition coefficient (Wildman–Crippen LogP) is 5.21. The molecule has 0 aliphatic carbocycles. The molecule has 0 atom stereocenters. The van der Waals surface area contributed by atoms with E-state index in [-0.39, 0.29) is 17.6 Å². The van der Waals surface area contributed by atoms with Gasteiger partial charge in [0.2, 0.25) is 5.91 Å². The highest BCUT2D eigenvalue weighted by Gasteiger charge is 2.14. The second-order valence-electron chi connectivity index (χ2n) is 5.71. The summed E-state index contributed by atoms with van der Waals surface area (Å²) in [5.74, 6) is -0.450. The van der Waals surface area contributed by atoms with Crippen LogP contribution in [0.2, 0.25) is 0 Å². The minimum Gasteiger partial charge on any atom is -0.325 e. The fourth-order valence-corrected chi connectivity index (χ4v) is 3.09. The second kappa shape index (κ2) is 6.93. The van der Waals surface area contributed by atoms with Gasteiger partial charge in [-0.15, -0.1) is 11.3 Å². The van der Waals surface area contributed by atoms with Crippen molar-refractivity contribution in [2.24, 2.45) is 5.92 Å². The summed E-state index contributed by atoms with van der Waals surface area (Å²) in [6.45, 7) is 3.69. The number of carbonyl (C=O) groups excluding carboxylic acids is 1. The Labute approximate surface area is 144 Å². The predicted molar refractivity (Wildman–Crippen MR) is 96.4 cm³/mol. The van der Waals surface area contributed by atoms with Crippen LogP contribution < -0.4 is 5.32 Å². The van der Waals surface area contributed by atoms with Gasteiger partial charge in [0.25, 0.3) is 0 Å². The first-order chi connectivity index (χ1) is 11.6. The second-order valence-corrected chi connectivity index (χ2v) is 6.57. The zero-order valence-corrected chi connectivity index (χ0v) is 14.2. The maximum Gasteiger partial charge on any atom is 0.226 e. The van der Waals surface area contributed by atoms with Gasteiger partial charge >= 0.3 is 0 Å². The fraction of sp³-hybridized carbons (Fsp3) is 0.158. The van der Waals surface area contributed by atoms with Crippen molar-refractivity contribution < 1.29 is 9.18 Å². The maximum absolute atomic E-state index is 13.9. The largest absolute Gasteiger partial charge is 0.325 e. The molecule has 24 heavy (non-hydrogen) atoms. The Kier molecular flexibility index (Phi) is 4.71. The minimum absolute atomic E-state index is 0.0491. The van der Waals surface area contributed by atoms with Crippen LogP contribution >= 0.6 is 11.3 Å². The topological polar surface area (TPSA) is 42.0 Å². The summed E-state index contributed by atoms with van der Waals surface area (Å²) in [4.78, 5) is 16.5. The van der Waals surface area contributed by atoms with E-state index in [0.717, 1.165) is 11.3 Å². The van der Waals surface area contributed by atoms with Crippen molar-refractivity contribution in [3.8, 4) is 21.8 Å². The van der Waals surface area contributed by atoms with Gasteiger partial charge in [-0.25, -0.2) is 9.37 Å². The lowest BCUT2D eigenvalue weighted by Crippen LogP contribution is -2.18. The number of rotatable bonds is 4. The first kappa shape index (κ1) is 16.3. The molecule has 0 unspecified atom stereocenters. The molecule has 0 fully saturated rings. The molecule has 1 N–H and O–H groups in total. The van der Waals surface area contributed by atoms with E-state index in [9.17, 15) is 9.18 Å². The van der Waals surface area contributed by atoms with Gasteiger partial charge in [-0.05, 0) is 18.2 Å². The minimum atomic E-state index is -0.292. The summed E-state index contributed by atoms with van der Waals surface area (Å²) in [6, 6.07) is 14.1. The molecule has 0 saturated heterocycles. The molecule has 5 heteroatoms. The summed E-state index contributed by atoms with van der Waals surface area (Å²) < 4.78 is 13.9. The molecule has 1 heterocycles. The van der Waals surface area contributed by atoms with Gasteiger partial charge in [-0.2, -0.15) is 0 Å². The average Bonchev–Trinajstić information content (AvgIpc) is 3.05. The van der Waals surface area contributed by atoms with Crippen molar-refractivity contribution in [1.29, 1.82) is 0 Å². The normalized spacial score (nSPS) is 10.8. The summed E-state index contributed by atoms with van der Waals surface area (Å²) in [6.07, 6.45) is 0. The molecule has 0 radical (unpaired) electrons. The van der Waals surface area contributed by atoms with Gasteiger partial charge in [0.15, 0.2) is 0 Å². The summed E-state index contributed by atoms with van der Waals surface area (Å²) in [5.41, 5.74) is 2.74. The van der Waals surface area contributed by atoms with Crippen molar-refractivity contribution in [2.75, 3.05) is 5.32 Å². The van der Waals surface area contributed by atoms with Gasteiger partial charge < -0.3 is 5.32 Å². The van der Waals surface area contributed by atoms with Gasteiger partial charge in [-0.3, -0.25) is 4.79 Å². The van der Waals surface area contributed by atoms with Gasteiger partial charge in [0, 0.05) is 22.4 Å². The molecule has 0 saturated carbocycles. The summed E-state index contributed by atoms with van der Waals surface area (Å²) >= 11 is 1.38. The first-order valence-electron chi connectivity index (χ1n) is 7.67. The van der Waals surface area contributed by atoms with Crippen LogP contribution in [0.15, 0.2) is 53.9 Å². The number of anilines is 1. The molecule has 0 aliphatic heterocycles. The molecule has 0 spiro atoms.